The van der Waals surface area contributed by atoms with E-state index in [4.69, 9.17) is 0 Å². The number of hydrogen-bond donors (Lipinski definition) is 0. The molecule has 0 heterocycles. The van der Waals surface area contributed by atoms with Crippen LogP contribution < -0.4 is 0 Å². The van der Waals surface area contributed by atoms with E-state index in [1.165, 1.54) is 0 Å². The molecule has 0 aromatic rings. The van der Waals surface area contributed by atoms with Crippen LogP contribution in [0.5, 0.6) is 0 Å². The van der Waals surface area contributed by atoms with E-state index >= 15 is 0 Å². The van der Waals surface area contributed by atoms with Gasteiger partial charge < -0.3 is 0 Å². The van der Waals surface area contributed by atoms with Crippen molar-refractivity contribution in [2.24, 2.45) is 0 Å². The summed E-state index contributed by atoms with van der Waals surface area (Å²) in [6, 6.07) is 0. The SMILES string of the molecule is Br.Br.Br.[Re]. The van der Waals surface area contributed by atoms with Gasteiger partial charge in [-0.15, -0.1) is 50.9 Å². The summed E-state index contributed by atoms with van der Waals surface area (Å²) in [6.07, 6.45) is 0. The molecule has 0 saturated carbocycles. The summed E-state index contributed by atoms with van der Waals surface area (Å²) in [6.45, 7) is 0. The van der Waals surface area contributed by atoms with Crippen molar-refractivity contribution in [2.75, 3.05) is 0 Å². The molecule has 0 aromatic heterocycles. The standard InChI is InChI=1S/3BrH.Re/h3*1H;. The minimum Gasteiger partial charge on any atom is -0.114 e. The maximum atomic E-state index is 0. The molecule has 0 amide bonds. The van der Waals surface area contributed by atoms with Crippen LogP contribution in [0.1, 0.15) is 0 Å². The second-order valence-electron chi connectivity index (χ2n) is 0. The van der Waals surface area contributed by atoms with E-state index in [-0.39, 0.29) is 71.4 Å². The Balaban J connectivity index is 0. The predicted molar refractivity (Wildman–Crippen MR) is 31.0 cm³/mol. The first-order chi connectivity index (χ1) is 0. The molecule has 0 aliphatic carbocycles. The first-order valence-electron chi connectivity index (χ1n) is 0. The molecule has 0 N–H and O–H groups in total. The Morgan fingerprint density at radius 1 is 0.500 bits per heavy atom. The minimum atomic E-state index is 0. The molecular weight excluding hydrogens is 426 g/mol. The van der Waals surface area contributed by atoms with Gasteiger partial charge in [-0.25, -0.2) is 0 Å². The van der Waals surface area contributed by atoms with Crippen LogP contribution in [0.25, 0.3) is 0 Å². The topological polar surface area (TPSA) is 0 Å². The molecule has 31 valence electrons. The summed E-state index contributed by atoms with van der Waals surface area (Å²) in [7, 11) is 0. The Labute approximate surface area is 70.7 Å². The van der Waals surface area contributed by atoms with Gasteiger partial charge in [0.2, 0.25) is 0 Å². The maximum absolute atomic E-state index is 0. The predicted octanol–water partition coefficient (Wildman–Crippen LogP) is 1.73. The van der Waals surface area contributed by atoms with Crippen LogP contribution in [0.2, 0.25) is 0 Å². The van der Waals surface area contributed by atoms with Crippen molar-refractivity contribution in [3.8, 4) is 0 Å². The third-order valence-corrected chi connectivity index (χ3v) is 0. The van der Waals surface area contributed by atoms with Crippen LogP contribution in [0.3, 0.4) is 0 Å². The molecule has 0 aliphatic rings. The summed E-state index contributed by atoms with van der Waals surface area (Å²) in [5.74, 6) is 0. The second kappa shape index (κ2) is 19.4. The zero-order valence-electron chi connectivity index (χ0n) is 1.60. The molecule has 4 heavy (non-hydrogen) atoms. The average molecular weight is 429 g/mol. The van der Waals surface area contributed by atoms with Gasteiger partial charge in [0.15, 0.2) is 0 Å². The van der Waals surface area contributed by atoms with Crippen LogP contribution in [-0.2, 0) is 20.4 Å². The Hall–Kier alpha value is 2.10. The van der Waals surface area contributed by atoms with E-state index in [1.807, 2.05) is 0 Å². The van der Waals surface area contributed by atoms with Gasteiger partial charge in [-0.05, 0) is 0 Å². The van der Waals surface area contributed by atoms with Crippen molar-refractivity contribution >= 4 is 50.9 Å². The molecule has 1 radical (unpaired) electrons. The van der Waals surface area contributed by atoms with Crippen LogP contribution in [0.4, 0.5) is 0 Å². The van der Waals surface area contributed by atoms with Gasteiger partial charge in [-0.2, -0.15) is 0 Å². The molecule has 0 saturated heterocycles. The van der Waals surface area contributed by atoms with E-state index in [0.717, 1.165) is 0 Å². The fraction of sp³-hybridized carbons (Fsp3) is 0. The van der Waals surface area contributed by atoms with Gasteiger partial charge in [0.25, 0.3) is 0 Å². The van der Waals surface area contributed by atoms with Crippen molar-refractivity contribution in [1.82, 2.24) is 0 Å². The molecule has 0 spiro atoms. The van der Waals surface area contributed by atoms with E-state index in [2.05, 4.69) is 0 Å². The van der Waals surface area contributed by atoms with Gasteiger partial charge in [0, 0.05) is 20.4 Å². The third kappa shape index (κ3) is 8.93. The third-order valence-electron chi connectivity index (χ3n) is 0. The Bertz CT molecular complexity index is 3.25. The fourth-order valence-corrected chi connectivity index (χ4v) is 0. The number of hydrogen-bond acceptors (Lipinski definition) is 0. The molecule has 0 nitrogen and oxygen atoms in total. The van der Waals surface area contributed by atoms with Crippen molar-refractivity contribution < 1.29 is 20.4 Å². The largest absolute Gasteiger partial charge is 0.114 e. The van der Waals surface area contributed by atoms with Crippen LogP contribution in [-0.4, -0.2) is 0 Å². The Morgan fingerprint density at radius 2 is 0.500 bits per heavy atom. The van der Waals surface area contributed by atoms with Gasteiger partial charge >= 0.3 is 0 Å². The Kier molecular flexibility index (Phi) is 175. The zero-order chi connectivity index (χ0) is 0. The summed E-state index contributed by atoms with van der Waals surface area (Å²) in [5.41, 5.74) is 0. The molecule has 0 rings (SSSR count). The van der Waals surface area contributed by atoms with Crippen LogP contribution >= 0.6 is 50.9 Å². The summed E-state index contributed by atoms with van der Waals surface area (Å²) in [4.78, 5) is 0. The summed E-state index contributed by atoms with van der Waals surface area (Å²) in [5, 5.41) is 0. The summed E-state index contributed by atoms with van der Waals surface area (Å²) < 4.78 is 0. The Morgan fingerprint density at radius 3 is 0.500 bits per heavy atom. The van der Waals surface area contributed by atoms with Crippen molar-refractivity contribution in [3.63, 3.8) is 0 Å². The molecule has 0 atom stereocenters. The average Bonchev–Trinajstić information content (AvgIpc) is 0. The van der Waals surface area contributed by atoms with Crippen molar-refractivity contribution in [3.05, 3.63) is 0 Å². The molecule has 0 bridgehead atoms. The fourth-order valence-electron chi connectivity index (χ4n) is 0. The first kappa shape index (κ1) is 35.9. The monoisotopic (exact) mass is 427 g/mol. The molecule has 4 heteroatoms. The normalized spacial score (nSPS) is 0. The molecule has 0 unspecified atom stereocenters. The van der Waals surface area contributed by atoms with Gasteiger partial charge in [-0.1, -0.05) is 0 Å². The van der Waals surface area contributed by atoms with Gasteiger partial charge in [0.05, 0.1) is 0 Å². The molecule has 0 fully saturated rings. The van der Waals surface area contributed by atoms with Gasteiger partial charge in [-0.3, -0.25) is 0 Å². The molecule has 0 aliphatic heterocycles. The van der Waals surface area contributed by atoms with Crippen molar-refractivity contribution in [1.29, 1.82) is 0 Å². The second-order valence-corrected chi connectivity index (χ2v) is 0. The van der Waals surface area contributed by atoms with E-state index in [1.54, 1.807) is 0 Å². The van der Waals surface area contributed by atoms with E-state index in [0.29, 0.717) is 0 Å². The number of halogens is 3. The smallest absolute Gasteiger partial charge is 0 e. The van der Waals surface area contributed by atoms with Gasteiger partial charge in [0.1, 0.15) is 0 Å². The van der Waals surface area contributed by atoms with E-state index in [9.17, 15) is 0 Å². The first-order valence-corrected chi connectivity index (χ1v) is 0. The maximum Gasteiger partial charge on any atom is 0 e. The number of rotatable bonds is 0. The summed E-state index contributed by atoms with van der Waals surface area (Å²) >= 11 is 0. The zero-order valence-corrected chi connectivity index (χ0v) is 9.46. The molecular formula is H3Br3Re. The van der Waals surface area contributed by atoms with Crippen molar-refractivity contribution in [2.45, 2.75) is 0 Å². The quantitative estimate of drug-likeness (QED) is 0.551. The van der Waals surface area contributed by atoms with E-state index < -0.39 is 0 Å². The minimum absolute atomic E-state index is 0. The van der Waals surface area contributed by atoms with Crippen LogP contribution in [0.15, 0.2) is 0 Å². The van der Waals surface area contributed by atoms with Crippen LogP contribution in [0, 0.1) is 0 Å². The molecule has 0 aromatic carbocycles.